The number of halogens is 1. The monoisotopic (exact) mass is 361 g/mol. The third-order valence-electron chi connectivity index (χ3n) is 4.38. The number of fused-ring (bicyclic) bond motifs is 1. The highest BCUT2D eigenvalue weighted by Gasteiger charge is 2.05. The Morgan fingerprint density at radius 1 is 1.00 bits per heavy atom. The van der Waals surface area contributed by atoms with Crippen LogP contribution in [0.25, 0.3) is 10.9 Å². The topological polar surface area (TPSA) is 65.6 Å². The van der Waals surface area contributed by atoms with E-state index in [9.17, 15) is 4.39 Å². The Hall–Kier alpha value is -3.41. The third kappa shape index (κ3) is 4.23. The van der Waals surface area contributed by atoms with Gasteiger partial charge in [-0.3, -0.25) is 0 Å². The molecule has 0 amide bonds. The predicted molar refractivity (Wildman–Crippen MR) is 106 cm³/mol. The van der Waals surface area contributed by atoms with Crippen molar-refractivity contribution in [2.45, 2.75) is 13.0 Å². The van der Waals surface area contributed by atoms with Crippen molar-refractivity contribution in [3.63, 3.8) is 0 Å². The normalized spacial score (nSPS) is 10.9. The molecule has 2 aromatic heterocycles. The molecule has 0 atom stereocenters. The lowest BCUT2D eigenvalue weighted by Gasteiger charge is -2.08. The number of hydrogen-bond acceptors (Lipinski definition) is 4. The fourth-order valence-electron chi connectivity index (χ4n) is 3.00. The minimum atomic E-state index is -0.225. The van der Waals surface area contributed by atoms with Crippen LogP contribution in [0.3, 0.4) is 0 Å². The van der Waals surface area contributed by atoms with E-state index in [1.165, 1.54) is 11.6 Å². The molecule has 4 rings (SSSR count). The van der Waals surface area contributed by atoms with Gasteiger partial charge in [0, 0.05) is 36.4 Å². The Morgan fingerprint density at radius 2 is 1.89 bits per heavy atom. The van der Waals surface area contributed by atoms with Gasteiger partial charge < -0.3 is 15.6 Å². The SMILES string of the molecule is Fc1ccc2[nH]cc(CCNc3nccc(NCc4ccccc4)n3)c2c1. The number of benzene rings is 2. The first-order chi connectivity index (χ1) is 13.3. The van der Waals surface area contributed by atoms with Crippen molar-refractivity contribution in [1.29, 1.82) is 0 Å². The standard InChI is InChI=1S/C21H20FN5/c22-17-6-7-19-18(12-17)16(14-25-19)8-10-23-21-24-11-9-20(27-21)26-13-15-4-2-1-3-5-15/h1-7,9,11-12,14,25H,8,10,13H2,(H2,23,24,26,27). The summed E-state index contributed by atoms with van der Waals surface area (Å²) in [5.41, 5.74) is 3.20. The van der Waals surface area contributed by atoms with E-state index < -0.39 is 0 Å². The number of nitrogens with one attached hydrogen (secondary N) is 3. The average molecular weight is 361 g/mol. The zero-order chi connectivity index (χ0) is 18.5. The molecule has 0 aliphatic rings. The van der Waals surface area contributed by atoms with Crippen molar-refractivity contribution in [1.82, 2.24) is 15.0 Å². The molecule has 2 aromatic carbocycles. The Balaban J connectivity index is 1.35. The van der Waals surface area contributed by atoms with Crippen LogP contribution >= 0.6 is 0 Å². The second kappa shape index (κ2) is 7.86. The van der Waals surface area contributed by atoms with Crippen molar-refractivity contribution in [2.24, 2.45) is 0 Å². The molecule has 4 aromatic rings. The minimum Gasteiger partial charge on any atom is -0.366 e. The maximum atomic E-state index is 13.5. The smallest absolute Gasteiger partial charge is 0.224 e. The molecule has 5 nitrogen and oxygen atoms in total. The van der Waals surface area contributed by atoms with Gasteiger partial charge >= 0.3 is 0 Å². The number of anilines is 2. The summed E-state index contributed by atoms with van der Waals surface area (Å²) in [5.74, 6) is 1.11. The van der Waals surface area contributed by atoms with Gasteiger partial charge in [-0.1, -0.05) is 30.3 Å². The number of aromatic nitrogens is 3. The highest BCUT2D eigenvalue weighted by molar-refractivity contribution is 5.83. The Bertz CT molecular complexity index is 1030. The van der Waals surface area contributed by atoms with E-state index >= 15 is 0 Å². The Morgan fingerprint density at radius 3 is 2.78 bits per heavy atom. The maximum Gasteiger partial charge on any atom is 0.224 e. The molecule has 3 N–H and O–H groups in total. The van der Waals surface area contributed by atoms with E-state index in [4.69, 9.17) is 0 Å². The van der Waals surface area contributed by atoms with Crippen LogP contribution in [0.5, 0.6) is 0 Å². The van der Waals surface area contributed by atoms with Crippen LogP contribution in [-0.2, 0) is 13.0 Å². The molecule has 0 radical (unpaired) electrons. The quantitative estimate of drug-likeness (QED) is 0.457. The van der Waals surface area contributed by atoms with Crippen LogP contribution in [0, 0.1) is 5.82 Å². The first-order valence-corrected chi connectivity index (χ1v) is 8.88. The minimum absolute atomic E-state index is 0.225. The van der Waals surface area contributed by atoms with Crippen LogP contribution in [0.15, 0.2) is 67.0 Å². The number of nitrogens with zero attached hydrogens (tertiary/aromatic N) is 2. The summed E-state index contributed by atoms with van der Waals surface area (Å²) >= 11 is 0. The Kier molecular flexibility index (Phi) is 4.96. The molecule has 0 unspecified atom stereocenters. The molecular formula is C21H20FN5. The lowest BCUT2D eigenvalue weighted by atomic mass is 10.1. The summed E-state index contributed by atoms with van der Waals surface area (Å²) in [6.45, 7) is 1.36. The molecule has 6 heteroatoms. The van der Waals surface area contributed by atoms with E-state index in [0.717, 1.165) is 28.7 Å². The van der Waals surface area contributed by atoms with E-state index in [-0.39, 0.29) is 5.82 Å². The number of hydrogen-bond donors (Lipinski definition) is 3. The summed E-state index contributed by atoms with van der Waals surface area (Å²) in [4.78, 5) is 11.9. The van der Waals surface area contributed by atoms with Gasteiger partial charge in [0.05, 0.1) is 0 Å². The number of rotatable bonds is 7. The van der Waals surface area contributed by atoms with Gasteiger partial charge in [-0.25, -0.2) is 9.37 Å². The summed E-state index contributed by atoms with van der Waals surface area (Å²) in [7, 11) is 0. The predicted octanol–water partition coefficient (Wildman–Crippen LogP) is 4.36. The molecular weight excluding hydrogens is 341 g/mol. The summed E-state index contributed by atoms with van der Waals surface area (Å²) < 4.78 is 13.5. The van der Waals surface area contributed by atoms with Crippen molar-refractivity contribution >= 4 is 22.7 Å². The van der Waals surface area contributed by atoms with Crippen molar-refractivity contribution in [3.05, 3.63) is 83.9 Å². The van der Waals surface area contributed by atoms with Gasteiger partial charge in [-0.2, -0.15) is 4.98 Å². The van der Waals surface area contributed by atoms with Gasteiger partial charge in [0.2, 0.25) is 5.95 Å². The van der Waals surface area contributed by atoms with Crippen LogP contribution in [-0.4, -0.2) is 21.5 Å². The Labute approximate surface area is 156 Å². The third-order valence-corrected chi connectivity index (χ3v) is 4.38. The molecule has 27 heavy (non-hydrogen) atoms. The van der Waals surface area contributed by atoms with Crippen LogP contribution in [0.1, 0.15) is 11.1 Å². The van der Waals surface area contributed by atoms with Gasteiger partial charge in [0.1, 0.15) is 11.6 Å². The lowest BCUT2D eigenvalue weighted by Crippen LogP contribution is -2.09. The van der Waals surface area contributed by atoms with Crippen LogP contribution < -0.4 is 10.6 Å². The van der Waals surface area contributed by atoms with Crippen molar-refractivity contribution < 1.29 is 4.39 Å². The fourth-order valence-corrected chi connectivity index (χ4v) is 3.00. The number of aromatic amines is 1. The van der Waals surface area contributed by atoms with Crippen molar-refractivity contribution in [3.8, 4) is 0 Å². The molecule has 0 bridgehead atoms. The molecule has 0 saturated carbocycles. The van der Waals surface area contributed by atoms with Gasteiger partial charge in [0.25, 0.3) is 0 Å². The zero-order valence-electron chi connectivity index (χ0n) is 14.7. The summed E-state index contributed by atoms with van der Waals surface area (Å²) in [6.07, 6.45) is 4.39. The molecule has 2 heterocycles. The largest absolute Gasteiger partial charge is 0.366 e. The molecule has 0 spiro atoms. The average Bonchev–Trinajstić information content (AvgIpc) is 3.10. The van der Waals surface area contributed by atoms with E-state index in [2.05, 4.69) is 37.7 Å². The van der Waals surface area contributed by atoms with Crippen molar-refractivity contribution in [2.75, 3.05) is 17.2 Å². The molecule has 0 saturated heterocycles. The van der Waals surface area contributed by atoms with E-state index in [1.54, 1.807) is 18.3 Å². The maximum absolute atomic E-state index is 13.5. The van der Waals surface area contributed by atoms with Gasteiger partial charge in [-0.15, -0.1) is 0 Å². The van der Waals surface area contributed by atoms with Gasteiger partial charge in [-0.05, 0) is 41.8 Å². The fraction of sp³-hybridized carbons (Fsp3) is 0.143. The molecule has 0 aliphatic heterocycles. The van der Waals surface area contributed by atoms with Gasteiger partial charge in [0.15, 0.2) is 0 Å². The lowest BCUT2D eigenvalue weighted by molar-refractivity contribution is 0.629. The van der Waals surface area contributed by atoms with Crippen LogP contribution in [0.4, 0.5) is 16.2 Å². The molecule has 0 fully saturated rings. The zero-order valence-corrected chi connectivity index (χ0v) is 14.7. The van der Waals surface area contributed by atoms with E-state index in [0.29, 0.717) is 19.0 Å². The van der Waals surface area contributed by atoms with Crippen LogP contribution in [0.2, 0.25) is 0 Å². The molecule has 0 aliphatic carbocycles. The summed E-state index contributed by atoms with van der Waals surface area (Å²) in [6, 6.07) is 16.8. The first kappa shape index (κ1) is 17.0. The number of H-pyrrole nitrogens is 1. The first-order valence-electron chi connectivity index (χ1n) is 8.88. The highest BCUT2D eigenvalue weighted by atomic mass is 19.1. The second-order valence-electron chi connectivity index (χ2n) is 6.29. The summed E-state index contributed by atoms with van der Waals surface area (Å²) in [5, 5.41) is 7.44. The highest BCUT2D eigenvalue weighted by Crippen LogP contribution is 2.20. The second-order valence-corrected chi connectivity index (χ2v) is 6.29. The van der Waals surface area contributed by atoms with E-state index in [1.807, 2.05) is 30.5 Å². The molecule has 136 valence electrons.